The molecule has 0 fully saturated rings. The zero-order valence-corrected chi connectivity index (χ0v) is 13.8. The Morgan fingerprint density at radius 2 is 2.05 bits per heavy atom. The van der Waals surface area contributed by atoms with Gasteiger partial charge in [-0.05, 0) is 40.2 Å². The molecule has 1 aromatic heterocycles. The molecule has 0 saturated carbocycles. The minimum Gasteiger partial charge on any atom is -0.495 e. The summed E-state index contributed by atoms with van der Waals surface area (Å²) in [5, 5.41) is 2.74. The first kappa shape index (κ1) is 15.6. The molecule has 0 radical (unpaired) electrons. The number of hydrogen-bond acceptors (Lipinski definition) is 5. The molecule has 8 heteroatoms. The first-order valence-corrected chi connectivity index (χ1v) is 8.24. The molecule has 6 nitrogen and oxygen atoms in total. The standard InChI is InChI=1S/C13H14BrN3O3S/c1-15-11-4-3-7-16-13(11)21(18,19)17-9-5-6-10(14)12(8-9)20-2/h3-8,15,17H,1-2H3. The van der Waals surface area contributed by atoms with Crippen molar-refractivity contribution in [3.8, 4) is 5.75 Å². The van der Waals surface area contributed by atoms with Gasteiger partial charge in [0, 0.05) is 19.3 Å². The van der Waals surface area contributed by atoms with Crippen LogP contribution in [0.15, 0.2) is 46.0 Å². The van der Waals surface area contributed by atoms with Gasteiger partial charge in [-0.25, -0.2) is 4.98 Å². The molecular weight excluding hydrogens is 358 g/mol. The van der Waals surface area contributed by atoms with Crippen molar-refractivity contribution in [2.45, 2.75) is 5.03 Å². The summed E-state index contributed by atoms with van der Waals surface area (Å²) in [6.45, 7) is 0. The van der Waals surface area contributed by atoms with Crippen LogP contribution in [0.4, 0.5) is 11.4 Å². The van der Waals surface area contributed by atoms with Crippen molar-refractivity contribution in [3.05, 3.63) is 41.0 Å². The maximum absolute atomic E-state index is 12.4. The summed E-state index contributed by atoms with van der Waals surface area (Å²) in [7, 11) is -0.641. The van der Waals surface area contributed by atoms with Gasteiger partial charge in [-0.15, -0.1) is 0 Å². The highest BCUT2D eigenvalue weighted by atomic mass is 79.9. The molecule has 0 bridgehead atoms. The third kappa shape index (κ3) is 3.45. The number of nitrogens with zero attached hydrogens (tertiary/aromatic N) is 1. The predicted molar refractivity (Wildman–Crippen MR) is 85.3 cm³/mol. The molecule has 1 heterocycles. The van der Waals surface area contributed by atoms with E-state index in [9.17, 15) is 8.42 Å². The van der Waals surface area contributed by atoms with Gasteiger partial charge >= 0.3 is 0 Å². The Morgan fingerprint density at radius 3 is 2.71 bits per heavy atom. The third-order valence-electron chi connectivity index (χ3n) is 2.70. The summed E-state index contributed by atoms with van der Waals surface area (Å²) in [4.78, 5) is 3.92. The highest BCUT2D eigenvalue weighted by Crippen LogP contribution is 2.29. The van der Waals surface area contributed by atoms with Gasteiger partial charge in [-0.2, -0.15) is 8.42 Å². The van der Waals surface area contributed by atoms with Crippen LogP contribution >= 0.6 is 15.9 Å². The molecule has 21 heavy (non-hydrogen) atoms. The van der Waals surface area contributed by atoms with Crippen LogP contribution in [0.5, 0.6) is 5.75 Å². The number of halogens is 1. The van der Waals surface area contributed by atoms with Crippen LogP contribution < -0.4 is 14.8 Å². The fourth-order valence-corrected chi connectivity index (χ4v) is 3.32. The lowest BCUT2D eigenvalue weighted by molar-refractivity contribution is 0.412. The van der Waals surface area contributed by atoms with Gasteiger partial charge in [0.05, 0.1) is 23.0 Å². The average Bonchev–Trinajstić information content (AvgIpc) is 2.49. The highest BCUT2D eigenvalue weighted by molar-refractivity contribution is 9.10. The van der Waals surface area contributed by atoms with Gasteiger partial charge in [-0.1, -0.05) is 0 Å². The Bertz CT molecular complexity index is 750. The number of ether oxygens (including phenoxy) is 1. The minimum atomic E-state index is -3.79. The lowest BCUT2D eigenvalue weighted by Gasteiger charge is -2.12. The number of sulfonamides is 1. The monoisotopic (exact) mass is 371 g/mol. The lowest BCUT2D eigenvalue weighted by atomic mass is 10.3. The number of hydrogen-bond donors (Lipinski definition) is 2. The van der Waals surface area contributed by atoms with Crippen molar-refractivity contribution in [1.82, 2.24) is 4.98 Å². The Labute approximate surface area is 131 Å². The molecule has 0 aliphatic rings. The molecule has 112 valence electrons. The Hall–Kier alpha value is -1.80. The zero-order chi connectivity index (χ0) is 15.5. The summed E-state index contributed by atoms with van der Waals surface area (Å²) in [5.41, 5.74) is 0.817. The lowest BCUT2D eigenvalue weighted by Crippen LogP contribution is -2.16. The Balaban J connectivity index is 2.37. The van der Waals surface area contributed by atoms with E-state index in [1.165, 1.54) is 13.3 Å². The second kappa shape index (κ2) is 6.31. The normalized spacial score (nSPS) is 11.0. The van der Waals surface area contributed by atoms with Gasteiger partial charge in [0.2, 0.25) is 0 Å². The largest absolute Gasteiger partial charge is 0.495 e. The van der Waals surface area contributed by atoms with Crippen LogP contribution in [0.3, 0.4) is 0 Å². The van der Waals surface area contributed by atoms with Crippen LogP contribution in [0, 0.1) is 0 Å². The molecule has 0 spiro atoms. The molecule has 1 aromatic carbocycles. The quantitative estimate of drug-likeness (QED) is 0.844. The van der Waals surface area contributed by atoms with E-state index in [1.807, 2.05) is 0 Å². The number of methoxy groups -OCH3 is 1. The van der Waals surface area contributed by atoms with Gasteiger partial charge < -0.3 is 10.1 Å². The van der Waals surface area contributed by atoms with Crippen molar-refractivity contribution < 1.29 is 13.2 Å². The maximum atomic E-state index is 12.4. The predicted octanol–water partition coefficient (Wildman–Crippen LogP) is 2.70. The molecule has 0 aliphatic carbocycles. The summed E-state index contributed by atoms with van der Waals surface area (Å²) >= 11 is 3.31. The fourth-order valence-electron chi connectivity index (χ4n) is 1.72. The molecule has 2 rings (SSSR count). The maximum Gasteiger partial charge on any atom is 0.281 e. The first-order valence-electron chi connectivity index (χ1n) is 5.97. The smallest absolute Gasteiger partial charge is 0.281 e. The van der Waals surface area contributed by atoms with Crippen molar-refractivity contribution in [2.24, 2.45) is 0 Å². The summed E-state index contributed by atoms with van der Waals surface area (Å²) in [6, 6.07) is 8.22. The fraction of sp³-hybridized carbons (Fsp3) is 0.154. The molecule has 2 N–H and O–H groups in total. The van der Waals surface area contributed by atoms with E-state index < -0.39 is 10.0 Å². The molecule has 0 saturated heterocycles. The van der Waals surface area contributed by atoms with Gasteiger partial charge in [0.15, 0.2) is 5.03 Å². The van der Waals surface area contributed by atoms with E-state index in [0.717, 1.165) is 4.47 Å². The van der Waals surface area contributed by atoms with E-state index >= 15 is 0 Å². The second-order valence-electron chi connectivity index (χ2n) is 4.06. The van der Waals surface area contributed by atoms with Crippen molar-refractivity contribution in [2.75, 3.05) is 24.2 Å². The van der Waals surface area contributed by atoms with Crippen molar-refractivity contribution in [1.29, 1.82) is 0 Å². The van der Waals surface area contributed by atoms with E-state index in [2.05, 4.69) is 31.0 Å². The molecule has 0 amide bonds. The molecule has 0 atom stereocenters. The van der Waals surface area contributed by atoms with Crippen LogP contribution in [0.2, 0.25) is 0 Å². The van der Waals surface area contributed by atoms with E-state index in [-0.39, 0.29) is 5.03 Å². The van der Waals surface area contributed by atoms with Crippen molar-refractivity contribution >= 4 is 37.3 Å². The average molecular weight is 372 g/mol. The topological polar surface area (TPSA) is 80.3 Å². The molecule has 2 aromatic rings. The number of aromatic nitrogens is 1. The zero-order valence-electron chi connectivity index (χ0n) is 11.4. The SMILES string of the molecule is CNc1cccnc1S(=O)(=O)Nc1ccc(Br)c(OC)c1. The first-order chi connectivity index (χ1) is 9.97. The van der Waals surface area contributed by atoms with E-state index in [1.54, 1.807) is 37.4 Å². The van der Waals surface area contributed by atoms with Gasteiger partial charge in [0.25, 0.3) is 10.0 Å². The van der Waals surface area contributed by atoms with E-state index in [0.29, 0.717) is 17.1 Å². The Morgan fingerprint density at radius 1 is 1.29 bits per heavy atom. The molecule has 0 unspecified atom stereocenters. The van der Waals surface area contributed by atoms with Gasteiger partial charge in [0.1, 0.15) is 5.75 Å². The van der Waals surface area contributed by atoms with Crippen LogP contribution in [0.1, 0.15) is 0 Å². The van der Waals surface area contributed by atoms with Gasteiger partial charge in [-0.3, -0.25) is 4.72 Å². The van der Waals surface area contributed by atoms with Crippen LogP contribution in [0.25, 0.3) is 0 Å². The summed E-state index contributed by atoms with van der Waals surface area (Å²) in [6.07, 6.45) is 1.43. The summed E-state index contributed by atoms with van der Waals surface area (Å²) in [5.74, 6) is 0.532. The third-order valence-corrected chi connectivity index (χ3v) is 4.69. The number of benzene rings is 1. The summed E-state index contributed by atoms with van der Waals surface area (Å²) < 4.78 is 33.2. The molecular formula is C13H14BrN3O3S. The number of rotatable bonds is 5. The number of pyridine rings is 1. The van der Waals surface area contributed by atoms with E-state index in [4.69, 9.17) is 4.74 Å². The number of nitrogens with one attached hydrogen (secondary N) is 2. The second-order valence-corrected chi connectivity index (χ2v) is 6.51. The minimum absolute atomic E-state index is 0.0608. The van der Waals surface area contributed by atoms with Crippen LogP contribution in [-0.2, 0) is 10.0 Å². The van der Waals surface area contributed by atoms with Crippen molar-refractivity contribution in [3.63, 3.8) is 0 Å². The number of anilines is 2. The molecule has 0 aliphatic heterocycles. The van der Waals surface area contributed by atoms with Crippen LogP contribution in [-0.4, -0.2) is 27.6 Å². The Kier molecular flexibility index (Phi) is 4.69. The highest BCUT2D eigenvalue weighted by Gasteiger charge is 2.20.